The molecule has 2 fully saturated rings. The Balaban J connectivity index is 1.83. The molecule has 0 saturated heterocycles. The lowest BCUT2D eigenvalue weighted by Crippen LogP contribution is -2.31. The Hall–Kier alpha value is 0. The quantitative estimate of drug-likeness (QED) is 0.538. The Morgan fingerprint density at radius 2 is 1.55 bits per heavy atom. The molecule has 0 aromatic heterocycles. The van der Waals surface area contributed by atoms with Crippen molar-refractivity contribution in [3.05, 3.63) is 0 Å². The van der Waals surface area contributed by atoms with Gasteiger partial charge in [0.05, 0.1) is 0 Å². The third-order valence-corrected chi connectivity index (χ3v) is 3.94. The number of rotatable bonds is 1. The van der Waals surface area contributed by atoms with Crippen molar-refractivity contribution in [2.75, 3.05) is 0 Å². The van der Waals surface area contributed by atoms with Gasteiger partial charge in [0.2, 0.25) is 0 Å². The van der Waals surface area contributed by atoms with Crippen molar-refractivity contribution < 1.29 is 0 Å². The zero-order chi connectivity index (χ0) is 7.68. The number of hydrogen-bond acceptors (Lipinski definition) is 0. The van der Waals surface area contributed by atoms with Crippen molar-refractivity contribution in [2.45, 2.75) is 51.9 Å². The Bertz CT molecular complexity index is 122. The largest absolute Gasteiger partial charge is 0.0622 e. The SMILES string of the molecule is C[C@H]1CCC1C1CCCCC1. The minimum absolute atomic E-state index is 1.07. The Morgan fingerprint density at radius 3 is 2.00 bits per heavy atom. The molecular formula is C11H20. The average Bonchev–Trinajstić information content (AvgIpc) is 2.04. The van der Waals surface area contributed by atoms with E-state index in [1.807, 2.05) is 0 Å². The van der Waals surface area contributed by atoms with E-state index < -0.39 is 0 Å². The van der Waals surface area contributed by atoms with Gasteiger partial charge in [0.1, 0.15) is 0 Å². The van der Waals surface area contributed by atoms with Gasteiger partial charge in [-0.2, -0.15) is 0 Å². The maximum absolute atomic E-state index is 2.45. The van der Waals surface area contributed by atoms with Crippen LogP contribution in [0.15, 0.2) is 0 Å². The highest BCUT2D eigenvalue weighted by atomic mass is 14.4. The Kier molecular flexibility index (Phi) is 2.20. The molecule has 0 aliphatic heterocycles. The van der Waals surface area contributed by atoms with Crippen molar-refractivity contribution in [1.82, 2.24) is 0 Å². The summed E-state index contributed by atoms with van der Waals surface area (Å²) in [5.41, 5.74) is 0. The van der Waals surface area contributed by atoms with E-state index in [0.29, 0.717) is 0 Å². The van der Waals surface area contributed by atoms with E-state index in [0.717, 1.165) is 17.8 Å². The molecule has 11 heavy (non-hydrogen) atoms. The van der Waals surface area contributed by atoms with Crippen LogP contribution in [0.3, 0.4) is 0 Å². The van der Waals surface area contributed by atoms with Crippen LogP contribution in [0.1, 0.15) is 51.9 Å². The van der Waals surface area contributed by atoms with Crippen LogP contribution in [0.25, 0.3) is 0 Å². The Labute approximate surface area is 70.4 Å². The Morgan fingerprint density at radius 1 is 0.818 bits per heavy atom. The second kappa shape index (κ2) is 3.16. The van der Waals surface area contributed by atoms with Gasteiger partial charge in [0, 0.05) is 0 Å². The van der Waals surface area contributed by atoms with E-state index in [9.17, 15) is 0 Å². The molecule has 2 rings (SSSR count). The third-order valence-electron chi connectivity index (χ3n) is 3.94. The fourth-order valence-corrected chi connectivity index (χ4v) is 2.96. The zero-order valence-corrected chi connectivity index (χ0v) is 7.68. The molecule has 64 valence electrons. The van der Waals surface area contributed by atoms with E-state index in [1.165, 1.54) is 25.7 Å². The van der Waals surface area contributed by atoms with Crippen molar-refractivity contribution in [2.24, 2.45) is 17.8 Å². The van der Waals surface area contributed by atoms with Gasteiger partial charge in [-0.15, -0.1) is 0 Å². The maximum atomic E-state index is 2.45. The first-order valence-electron chi connectivity index (χ1n) is 5.38. The van der Waals surface area contributed by atoms with Gasteiger partial charge in [-0.25, -0.2) is 0 Å². The predicted octanol–water partition coefficient (Wildman–Crippen LogP) is 3.61. The molecule has 2 atom stereocenters. The van der Waals surface area contributed by atoms with E-state index in [1.54, 1.807) is 19.3 Å². The van der Waals surface area contributed by atoms with Gasteiger partial charge in [0.25, 0.3) is 0 Å². The highest BCUT2D eigenvalue weighted by Crippen LogP contribution is 2.44. The lowest BCUT2D eigenvalue weighted by Gasteiger charge is -2.41. The fourth-order valence-electron chi connectivity index (χ4n) is 2.96. The van der Waals surface area contributed by atoms with Gasteiger partial charge in [-0.1, -0.05) is 45.4 Å². The summed E-state index contributed by atoms with van der Waals surface area (Å²) in [7, 11) is 0. The minimum Gasteiger partial charge on any atom is -0.0622 e. The summed E-state index contributed by atoms with van der Waals surface area (Å²) in [5.74, 6) is 3.33. The molecule has 2 aliphatic carbocycles. The summed E-state index contributed by atoms with van der Waals surface area (Å²) in [6.45, 7) is 2.45. The summed E-state index contributed by atoms with van der Waals surface area (Å²) in [6.07, 6.45) is 10.7. The summed E-state index contributed by atoms with van der Waals surface area (Å²) >= 11 is 0. The van der Waals surface area contributed by atoms with Crippen LogP contribution in [-0.4, -0.2) is 0 Å². The summed E-state index contributed by atoms with van der Waals surface area (Å²) in [6, 6.07) is 0. The lowest BCUT2D eigenvalue weighted by atomic mass is 9.64. The molecular weight excluding hydrogens is 132 g/mol. The van der Waals surface area contributed by atoms with Crippen LogP contribution in [0.5, 0.6) is 0 Å². The molecule has 1 unspecified atom stereocenters. The van der Waals surface area contributed by atoms with Crippen molar-refractivity contribution >= 4 is 0 Å². The summed E-state index contributed by atoms with van der Waals surface area (Å²) < 4.78 is 0. The van der Waals surface area contributed by atoms with Crippen LogP contribution in [0.4, 0.5) is 0 Å². The second-order valence-electron chi connectivity index (χ2n) is 4.62. The van der Waals surface area contributed by atoms with Crippen molar-refractivity contribution in [3.8, 4) is 0 Å². The smallest absolute Gasteiger partial charge is 0.0360 e. The number of hydrogen-bond donors (Lipinski definition) is 0. The van der Waals surface area contributed by atoms with Gasteiger partial charge in [-0.3, -0.25) is 0 Å². The maximum Gasteiger partial charge on any atom is -0.0360 e. The van der Waals surface area contributed by atoms with Crippen LogP contribution in [0.2, 0.25) is 0 Å². The van der Waals surface area contributed by atoms with E-state index in [4.69, 9.17) is 0 Å². The second-order valence-corrected chi connectivity index (χ2v) is 4.62. The van der Waals surface area contributed by atoms with Crippen LogP contribution in [-0.2, 0) is 0 Å². The van der Waals surface area contributed by atoms with E-state index in [2.05, 4.69) is 6.92 Å². The highest BCUT2D eigenvalue weighted by molar-refractivity contribution is 4.84. The zero-order valence-electron chi connectivity index (χ0n) is 7.68. The standard InChI is InChI=1S/C11H20/c1-9-7-8-11(9)10-5-3-2-4-6-10/h9-11H,2-8H2,1H3/t9-,11?/m0/s1. The van der Waals surface area contributed by atoms with Crippen molar-refractivity contribution in [1.29, 1.82) is 0 Å². The molecule has 0 heteroatoms. The molecule has 0 aromatic rings. The molecule has 0 spiro atoms. The first-order valence-corrected chi connectivity index (χ1v) is 5.38. The van der Waals surface area contributed by atoms with Gasteiger partial charge in [0.15, 0.2) is 0 Å². The van der Waals surface area contributed by atoms with Gasteiger partial charge < -0.3 is 0 Å². The van der Waals surface area contributed by atoms with Crippen LogP contribution in [0, 0.1) is 17.8 Å². The first-order chi connectivity index (χ1) is 5.38. The van der Waals surface area contributed by atoms with E-state index >= 15 is 0 Å². The molecule has 0 nitrogen and oxygen atoms in total. The lowest BCUT2D eigenvalue weighted by molar-refractivity contribution is 0.0920. The fraction of sp³-hybridized carbons (Fsp3) is 1.00. The molecule has 0 aromatic carbocycles. The molecule has 0 N–H and O–H groups in total. The summed E-state index contributed by atoms with van der Waals surface area (Å²) in [4.78, 5) is 0. The van der Waals surface area contributed by atoms with Gasteiger partial charge >= 0.3 is 0 Å². The topological polar surface area (TPSA) is 0 Å². The molecule has 2 saturated carbocycles. The normalized spacial score (nSPS) is 40.1. The summed E-state index contributed by atoms with van der Waals surface area (Å²) in [5, 5.41) is 0. The van der Waals surface area contributed by atoms with Crippen LogP contribution < -0.4 is 0 Å². The third kappa shape index (κ3) is 1.45. The minimum atomic E-state index is 1.07. The molecule has 0 amide bonds. The highest BCUT2D eigenvalue weighted by Gasteiger charge is 2.33. The van der Waals surface area contributed by atoms with E-state index in [-0.39, 0.29) is 0 Å². The van der Waals surface area contributed by atoms with Crippen molar-refractivity contribution in [3.63, 3.8) is 0 Å². The molecule has 0 bridgehead atoms. The first kappa shape index (κ1) is 7.64. The molecule has 2 aliphatic rings. The van der Waals surface area contributed by atoms with Crippen LogP contribution >= 0.6 is 0 Å². The molecule has 0 heterocycles. The molecule has 0 radical (unpaired) electrons. The van der Waals surface area contributed by atoms with Gasteiger partial charge in [-0.05, 0) is 24.2 Å². The average molecular weight is 152 g/mol. The predicted molar refractivity (Wildman–Crippen MR) is 48.5 cm³/mol. The monoisotopic (exact) mass is 152 g/mol.